The smallest absolute Gasteiger partial charge is 0.338 e. The van der Waals surface area contributed by atoms with E-state index in [1.807, 2.05) is 6.92 Å². The van der Waals surface area contributed by atoms with E-state index < -0.39 is 6.10 Å². The van der Waals surface area contributed by atoms with Crippen LogP contribution >= 0.6 is 0 Å². The lowest BCUT2D eigenvalue weighted by atomic mass is 10.2. The number of carbonyl (C=O) groups excluding carboxylic acids is 1. The Morgan fingerprint density at radius 2 is 2.00 bits per heavy atom. The van der Waals surface area contributed by atoms with Gasteiger partial charge in [-0.2, -0.15) is 0 Å². The van der Waals surface area contributed by atoms with Crippen molar-refractivity contribution in [2.24, 2.45) is 0 Å². The zero-order valence-corrected chi connectivity index (χ0v) is 10.3. The van der Waals surface area contributed by atoms with Gasteiger partial charge in [-0.3, -0.25) is 0 Å². The van der Waals surface area contributed by atoms with Crippen molar-refractivity contribution in [2.75, 3.05) is 19.8 Å². The van der Waals surface area contributed by atoms with Gasteiger partial charge in [-0.25, -0.2) is 4.79 Å². The van der Waals surface area contributed by atoms with Crippen LogP contribution < -0.4 is 4.74 Å². The Kier molecular flexibility index (Phi) is 6.18. The van der Waals surface area contributed by atoms with E-state index in [0.717, 1.165) is 6.42 Å². The second-order valence-corrected chi connectivity index (χ2v) is 3.81. The van der Waals surface area contributed by atoms with Gasteiger partial charge in [0.25, 0.3) is 0 Å². The van der Waals surface area contributed by atoms with Crippen LogP contribution in [0.1, 0.15) is 23.7 Å². The molecule has 5 heteroatoms. The molecule has 0 aliphatic carbocycles. The third-order valence-corrected chi connectivity index (χ3v) is 2.18. The Morgan fingerprint density at radius 3 is 2.56 bits per heavy atom. The average molecular weight is 254 g/mol. The van der Waals surface area contributed by atoms with E-state index >= 15 is 0 Å². The van der Waals surface area contributed by atoms with Gasteiger partial charge in [0.05, 0.1) is 18.8 Å². The summed E-state index contributed by atoms with van der Waals surface area (Å²) in [6.07, 6.45) is -0.120. The van der Waals surface area contributed by atoms with Crippen LogP contribution in [0.5, 0.6) is 5.75 Å². The molecule has 5 nitrogen and oxygen atoms in total. The minimum Gasteiger partial charge on any atom is -0.491 e. The highest BCUT2D eigenvalue weighted by Crippen LogP contribution is 2.13. The molecule has 0 saturated carbocycles. The fourth-order valence-electron chi connectivity index (χ4n) is 1.21. The zero-order chi connectivity index (χ0) is 13.4. The topological polar surface area (TPSA) is 76.0 Å². The van der Waals surface area contributed by atoms with Crippen molar-refractivity contribution in [3.05, 3.63) is 29.8 Å². The Bertz CT molecular complexity index is 360. The SMILES string of the molecule is CCCOC(=O)c1ccc(OCC(O)CO)cc1. The third-order valence-electron chi connectivity index (χ3n) is 2.18. The predicted octanol–water partition coefficient (Wildman–Crippen LogP) is 0.985. The van der Waals surface area contributed by atoms with Crippen LogP contribution in [0, 0.1) is 0 Å². The molecule has 0 heterocycles. The fraction of sp³-hybridized carbons (Fsp3) is 0.462. The number of esters is 1. The van der Waals surface area contributed by atoms with Crippen LogP contribution in [0.2, 0.25) is 0 Å². The molecule has 0 amide bonds. The van der Waals surface area contributed by atoms with E-state index in [0.29, 0.717) is 17.9 Å². The quantitative estimate of drug-likeness (QED) is 0.709. The maximum atomic E-state index is 11.5. The number of hydrogen-bond acceptors (Lipinski definition) is 5. The highest BCUT2D eigenvalue weighted by Gasteiger charge is 2.07. The van der Waals surface area contributed by atoms with Crippen LogP contribution in [-0.2, 0) is 4.74 Å². The van der Waals surface area contributed by atoms with Crippen molar-refractivity contribution in [2.45, 2.75) is 19.4 Å². The molecule has 0 bridgehead atoms. The maximum Gasteiger partial charge on any atom is 0.338 e. The van der Waals surface area contributed by atoms with Crippen LogP contribution in [-0.4, -0.2) is 42.1 Å². The molecule has 2 N–H and O–H groups in total. The molecule has 1 aromatic carbocycles. The molecule has 0 aromatic heterocycles. The normalized spacial score (nSPS) is 11.9. The zero-order valence-electron chi connectivity index (χ0n) is 10.3. The summed E-state index contributed by atoms with van der Waals surface area (Å²) in [7, 11) is 0. The van der Waals surface area contributed by atoms with Gasteiger partial charge in [0, 0.05) is 0 Å². The van der Waals surface area contributed by atoms with Crippen molar-refractivity contribution in [1.82, 2.24) is 0 Å². The second kappa shape index (κ2) is 7.68. The highest BCUT2D eigenvalue weighted by molar-refractivity contribution is 5.89. The average Bonchev–Trinajstić information content (AvgIpc) is 2.42. The van der Waals surface area contributed by atoms with E-state index in [1.165, 1.54) is 0 Å². The predicted molar refractivity (Wildman–Crippen MR) is 65.6 cm³/mol. The molecule has 0 aliphatic rings. The van der Waals surface area contributed by atoms with Crippen LogP contribution in [0.3, 0.4) is 0 Å². The van der Waals surface area contributed by atoms with E-state index in [2.05, 4.69) is 0 Å². The lowest BCUT2D eigenvalue weighted by Gasteiger charge is -2.10. The Hall–Kier alpha value is -1.59. The fourth-order valence-corrected chi connectivity index (χ4v) is 1.21. The van der Waals surface area contributed by atoms with Crippen molar-refractivity contribution in [3.63, 3.8) is 0 Å². The molecule has 0 spiro atoms. The first kappa shape index (κ1) is 14.5. The molecule has 0 saturated heterocycles. The van der Waals surface area contributed by atoms with E-state index in [9.17, 15) is 4.79 Å². The number of aliphatic hydroxyl groups excluding tert-OH is 2. The molecule has 1 atom stereocenters. The number of benzene rings is 1. The van der Waals surface area contributed by atoms with Crippen LogP contribution in [0.4, 0.5) is 0 Å². The van der Waals surface area contributed by atoms with E-state index in [-0.39, 0.29) is 19.2 Å². The van der Waals surface area contributed by atoms with Crippen LogP contribution in [0.15, 0.2) is 24.3 Å². The van der Waals surface area contributed by atoms with Gasteiger partial charge in [-0.15, -0.1) is 0 Å². The first-order chi connectivity index (χ1) is 8.67. The van der Waals surface area contributed by atoms with Gasteiger partial charge in [-0.1, -0.05) is 6.92 Å². The standard InChI is InChI=1S/C13H18O5/c1-2-7-17-13(16)10-3-5-12(6-4-10)18-9-11(15)8-14/h3-6,11,14-15H,2,7-9H2,1H3. The molecule has 18 heavy (non-hydrogen) atoms. The summed E-state index contributed by atoms with van der Waals surface area (Å²) in [4.78, 5) is 11.5. The highest BCUT2D eigenvalue weighted by atomic mass is 16.5. The van der Waals surface area contributed by atoms with Crippen molar-refractivity contribution < 1.29 is 24.5 Å². The van der Waals surface area contributed by atoms with Gasteiger partial charge < -0.3 is 19.7 Å². The third kappa shape index (κ3) is 4.73. The first-order valence-corrected chi connectivity index (χ1v) is 5.86. The molecular weight excluding hydrogens is 236 g/mol. The van der Waals surface area contributed by atoms with Gasteiger partial charge in [-0.05, 0) is 30.7 Å². The number of aliphatic hydroxyl groups is 2. The van der Waals surface area contributed by atoms with Crippen LogP contribution in [0.25, 0.3) is 0 Å². The number of rotatable bonds is 7. The second-order valence-electron chi connectivity index (χ2n) is 3.81. The molecule has 1 aromatic rings. The molecule has 1 unspecified atom stereocenters. The molecule has 0 aliphatic heterocycles. The van der Waals surface area contributed by atoms with Gasteiger partial charge in [0.2, 0.25) is 0 Å². The Morgan fingerprint density at radius 1 is 1.33 bits per heavy atom. The maximum absolute atomic E-state index is 11.5. The summed E-state index contributed by atoms with van der Waals surface area (Å²) < 4.78 is 10.2. The Balaban J connectivity index is 2.49. The molecular formula is C13H18O5. The molecule has 0 fully saturated rings. The summed E-state index contributed by atoms with van der Waals surface area (Å²) >= 11 is 0. The number of carbonyl (C=O) groups is 1. The number of ether oxygens (including phenoxy) is 2. The van der Waals surface area contributed by atoms with Crippen molar-refractivity contribution in [3.8, 4) is 5.75 Å². The largest absolute Gasteiger partial charge is 0.491 e. The van der Waals surface area contributed by atoms with Gasteiger partial charge in [0.15, 0.2) is 0 Å². The van der Waals surface area contributed by atoms with Crippen molar-refractivity contribution in [1.29, 1.82) is 0 Å². The monoisotopic (exact) mass is 254 g/mol. The van der Waals surface area contributed by atoms with E-state index in [1.54, 1.807) is 24.3 Å². The Labute approximate surface area is 106 Å². The molecule has 100 valence electrons. The molecule has 0 radical (unpaired) electrons. The summed E-state index contributed by atoms with van der Waals surface area (Å²) in [5, 5.41) is 17.7. The van der Waals surface area contributed by atoms with Gasteiger partial charge >= 0.3 is 5.97 Å². The van der Waals surface area contributed by atoms with E-state index in [4.69, 9.17) is 19.7 Å². The van der Waals surface area contributed by atoms with Gasteiger partial charge in [0.1, 0.15) is 18.5 Å². The van der Waals surface area contributed by atoms with Crippen molar-refractivity contribution >= 4 is 5.97 Å². The first-order valence-electron chi connectivity index (χ1n) is 5.86. The summed E-state index contributed by atoms with van der Waals surface area (Å²) in [5.74, 6) is 0.160. The number of hydrogen-bond donors (Lipinski definition) is 2. The minimum atomic E-state index is -0.904. The lowest BCUT2D eigenvalue weighted by Crippen LogP contribution is -2.21. The lowest BCUT2D eigenvalue weighted by molar-refractivity contribution is 0.0503. The summed E-state index contributed by atoms with van der Waals surface area (Å²) in [6.45, 7) is 1.99. The minimum absolute atomic E-state index is 0.0100. The molecule has 1 rings (SSSR count). The summed E-state index contributed by atoms with van der Waals surface area (Å²) in [6, 6.07) is 6.43. The summed E-state index contributed by atoms with van der Waals surface area (Å²) in [5.41, 5.74) is 0.457.